The lowest BCUT2D eigenvalue weighted by atomic mass is 9.97. The number of hydrogen-bond acceptors (Lipinski definition) is 5. The van der Waals surface area contributed by atoms with Crippen LogP contribution in [0.2, 0.25) is 0 Å². The van der Waals surface area contributed by atoms with Crippen molar-refractivity contribution in [2.24, 2.45) is 0 Å². The van der Waals surface area contributed by atoms with E-state index in [0.29, 0.717) is 5.56 Å². The van der Waals surface area contributed by atoms with Gasteiger partial charge in [-0.05, 0) is 12.5 Å². The van der Waals surface area contributed by atoms with E-state index >= 15 is 0 Å². The fourth-order valence-electron chi connectivity index (χ4n) is 2.36. The zero-order valence-corrected chi connectivity index (χ0v) is 11.7. The number of benzene rings is 1. The molecule has 6 heteroatoms. The van der Waals surface area contributed by atoms with Crippen LogP contribution in [0, 0.1) is 0 Å². The number of methoxy groups -OCH3 is 1. The SMILES string of the molecule is COC(=O)CN1C(=O)C(O)=C(C(C)=O)[C@@H]1c1ccccc1. The first kappa shape index (κ1) is 14.8. The summed E-state index contributed by atoms with van der Waals surface area (Å²) < 4.78 is 4.56. The quantitative estimate of drug-likeness (QED) is 0.840. The minimum Gasteiger partial charge on any atom is -0.503 e. The molecule has 0 radical (unpaired) electrons. The Hall–Kier alpha value is -2.63. The third kappa shape index (κ3) is 2.65. The van der Waals surface area contributed by atoms with Gasteiger partial charge in [0.25, 0.3) is 5.91 Å². The van der Waals surface area contributed by atoms with E-state index < -0.39 is 29.5 Å². The molecule has 1 heterocycles. The molecule has 1 N–H and O–H groups in total. The second-order valence-electron chi connectivity index (χ2n) is 4.64. The fraction of sp³-hybridized carbons (Fsp3) is 0.267. The van der Waals surface area contributed by atoms with Crippen molar-refractivity contribution in [3.05, 3.63) is 47.2 Å². The highest BCUT2D eigenvalue weighted by Gasteiger charge is 2.43. The van der Waals surface area contributed by atoms with Gasteiger partial charge in [0.2, 0.25) is 0 Å². The number of ketones is 1. The minimum atomic E-state index is -0.782. The Morgan fingerprint density at radius 2 is 1.90 bits per heavy atom. The first-order valence-electron chi connectivity index (χ1n) is 6.34. The molecule has 0 saturated heterocycles. The molecular weight excluding hydrogens is 274 g/mol. The van der Waals surface area contributed by atoms with Gasteiger partial charge in [-0.25, -0.2) is 0 Å². The lowest BCUT2D eigenvalue weighted by Crippen LogP contribution is -2.36. The number of nitrogens with zero attached hydrogens (tertiary/aromatic N) is 1. The van der Waals surface area contributed by atoms with Gasteiger partial charge in [-0.2, -0.15) is 0 Å². The highest BCUT2D eigenvalue weighted by Crippen LogP contribution is 2.37. The van der Waals surface area contributed by atoms with Crippen LogP contribution in [-0.4, -0.2) is 41.3 Å². The van der Waals surface area contributed by atoms with Crippen LogP contribution in [0.3, 0.4) is 0 Å². The summed E-state index contributed by atoms with van der Waals surface area (Å²) in [6, 6.07) is 7.97. The van der Waals surface area contributed by atoms with E-state index in [9.17, 15) is 19.5 Å². The number of carbonyl (C=O) groups excluding carboxylic acids is 3. The number of esters is 1. The van der Waals surface area contributed by atoms with E-state index in [4.69, 9.17) is 0 Å². The third-order valence-corrected chi connectivity index (χ3v) is 3.33. The first-order valence-corrected chi connectivity index (χ1v) is 6.34. The molecule has 1 atom stereocenters. The summed E-state index contributed by atoms with van der Waals surface area (Å²) in [4.78, 5) is 36.5. The molecule has 1 aromatic rings. The zero-order chi connectivity index (χ0) is 15.6. The molecule has 0 aliphatic carbocycles. The molecule has 2 rings (SSSR count). The van der Waals surface area contributed by atoms with Crippen LogP contribution in [0.4, 0.5) is 0 Å². The standard InChI is InChI=1S/C15H15NO5/c1-9(17)12-13(10-6-4-3-5-7-10)16(8-11(18)21-2)15(20)14(12)19/h3-7,13,19H,8H2,1-2H3/t13-/m0/s1. The summed E-state index contributed by atoms with van der Waals surface area (Å²) in [5.74, 6) is -2.40. The lowest BCUT2D eigenvalue weighted by Gasteiger charge is -2.25. The van der Waals surface area contributed by atoms with Crippen molar-refractivity contribution in [3.63, 3.8) is 0 Å². The Morgan fingerprint density at radius 1 is 1.29 bits per heavy atom. The summed E-state index contributed by atoms with van der Waals surface area (Å²) in [6.07, 6.45) is 0. The van der Waals surface area contributed by atoms with E-state index in [1.807, 2.05) is 0 Å². The molecule has 0 unspecified atom stereocenters. The van der Waals surface area contributed by atoms with E-state index in [1.54, 1.807) is 30.3 Å². The Kier molecular flexibility index (Phi) is 4.07. The van der Waals surface area contributed by atoms with Gasteiger partial charge in [-0.1, -0.05) is 30.3 Å². The van der Waals surface area contributed by atoms with Crippen LogP contribution in [0.1, 0.15) is 18.5 Å². The van der Waals surface area contributed by atoms with Crippen molar-refractivity contribution >= 4 is 17.7 Å². The number of hydrogen-bond donors (Lipinski definition) is 1. The minimum absolute atomic E-state index is 0.00453. The fourth-order valence-corrected chi connectivity index (χ4v) is 2.36. The van der Waals surface area contributed by atoms with Crippen LogP contribution < -0.4 is 0 Å². The van der Waals surface area contributed by atoms with Crippen LogP contribution in [0.15, 0.2) is 41.7 Å². The molecule has 0 bridgehead atoms. The molecule has 0 saturated carbocycles. The van der Waals surface area contributed by atoms with Gasteiger partial charge in [0.1, 0.15) is 6.54 Å². The molecule has 1 amide bonds. The van der Waals surface area contributed by atoms with Crippen LogP contribution in [-0.2, 0) is 19.1 Å². The monoisotopic (exact) mass is 289 g/mol. The summed E-state index contributed by atoms with van der Waals surface area (Å²) in [5, 5.41) is 9.93. The number of carbonyl (C=O) groups is 3. The Labute approximate surface area is 121 Å². The highest BCUT2D eigenvalue weighted by molar-refractivity contribution is 6.08. The van der Waals surface area contributed by atoms with Gasteiger partial charge >= 0.3 is 5.97 Å². The molecule has 1 aliphatic rings. The highest BCUT2D eigenvalue weighted by atomic mass is 16.5. The van der Waals surface area contributed by atoms with Gasteiger partial charge in [0.15, 0.2) is 11.5 Å². The van der Waals surface area contributed by atoms with Crippen molar-refractivity contribution in [1.29, 1.82) is 0 Å². The van der Waals surface area contributed by atoms with Crippen LogP contribution in [0.5, 0.6) is 0 Å². The second-order valence-corrected chi connectivity index (χ2v) is 4.64. The lowest BCUT2D eigenvalue weighted by molar-refractivity contribution is -0.146. The van der Waals surface area contributed by atoms with Crippen LogP contribution in [0.25, 0.3) is 0 Å². The average molecular weight is 289 g/mol. The predicted octanol–water partition coefficient (Wildman–Crippen LogP) is 1.14. The smallest absolute Gasteiger partial charge is 0.325 e. The maximum absolute atomic E-state index is 12.1. The second kappa shape index (κ2) is 5.78. The summed E-state index contributed by atoms with van der Waals surface area (Å²) in [5.41, 5.74) is 0.638. The van der Waals surface area contributed by atoms with E-state index in [1.165, 1.54) is 14.0 Å². The van der Waals surface area contributed by atoms with E-state index in [2.05, 4.69) is 4.74 Å². The topological polar surface area (TPSA) is 83.9 Å². The summed E-state index contributed by atoms with van der Waals surface area (Å²) in [7, 11) is 1.21. The molecule has 21 heavy (non-hydrogen) atoms. The normalized spacial score (nSPS) is 18.1. The van der Waals surface area contributed by atoms with Gasteiger partial charge in [0, 0.05) is 0 Å². The van der Waals surface area contributed by atoms with Crippen molar-refractivity contribution in [2.45, 2.75) is 13.0 Å². The maximum atomic E-state index is 12.1. The Bertz CT molecular complexity index is 620. The van der Waals surface area contributed by atoms with Crippen LogP contribution >= 0.6 is 0 Å². The van der Waals surface area contributed by atoms with E-state index in [0.717, 1.165) is 4.90 Å². The number of rotatable bonds is 4. The van der Waals surface area contributed by atoms with Gasteiger partial charge < -0.3 is 14.7 Å². The number of Topliss-reactive ketones (excluding diaryl/α,β-unsaturated/α-hetero) is 1. The summed E-state index contributed by atoms with van der Waals surface area (Å²) in [6.45, 7) is 0.937. The molecule has 0 aromatic heterocycles. The largest absolute Gasteiger partial charge is 0.503 e. The molecule has 110 valence electrons. The van der Waals surface area contributed by atoms with Gasteiger partial charge in [-0.3, -0.25) is 14.4 Å². The molecular formula is C15H15NO5. The Morgan fingerprint density at radius 3 is 2.43 bits per heavy atom. The molecule has 0 fully saturated rings. The average Bonchev–Trinajstić information content (AvgIpc) is 2.73. The molecule has 0 spiro atoms. The zero-order valence-electron chi connectivity index (χ0n) is 11.7. The molecule has 1 aromatic carbocycles. The third-order valence-electron chi connectivity index (χ3n) is 3.33. The maximum Gasteiger partial charge on any atom is 0.325 e. The molecule has 6 nitrogen and oxygen atoms in total. The summed E-state index contributed by atoms with van der Waals surface area (Å²) >= 11 is 0. The van der Waals surface area contributed by atoms with Gasteiger partial charge in [0.05, 0.1) is 18.7 Å². The van der Waals surface area contributed by atoms with E-state index in [-0.39, 0.29) is 12.1 Å². The van der Waals surface area contributed by atoms with Crippen molar-refractivity contribution in [1.82, 2.24) is 4.90 Å². The van der Waals surface area contributed by atoms with Crippen molar-refractivity contribution in [2.75, 3.05) is 13.7 Å². The number of aliphatic hydroxyl groups is 1. The predicted molar refractivity (Wildman–Crippen MR) is 73.2 cm³/mol. The Balaban J connectivity index is 2.49. The molecule has 1 aliphatic heterocycles. The first-order chi connectivity index (χ1) is 9.97. The number of aliphatic hydroxyl groups excluding tert-OH is 1. The number of ether oxygens (including phenoxy) is 1. The number of amides is 1. The van der Waals surface area contributed by atoms with Crippen molar-refractivity contribution in [3.8, 4) is 0 Å². The van der Waals surface area contributed by atoms with Gasteiger partial charge in [-0.15, -0.1) is 0 Å². The van der Waals surface area contributed by atoms with Crippen molar-refractivity contribution < 1.29 is 24.2 Å².